The predicted octanol–water partition coefficient (Wildman–Crippen LogP) is 3.71. The smallest absolute Gasteiger partial charge is 0.310 e. The summed E-state index contributed by atoms with van der Waals surface area (Å²) in [5, 5.41) is 3.31. The minimum atomic E-state index is -0.397. The largest absolute Gasteiger partial charge is 0.462 e. The highest BCUT2D eigenvalue weighted by molar-refractivity contribution is 6.31. The van der Waals surface area contributed by atoms with E-state index in [2.05, 4.69) is 5.32 Å². The molecule has 5 rings (SSSR count). The molecule has 0 spiro atoms. The molecule has 0 radical (unpaired) electrons. The van der Waals surface area contributed by atoms with E-state index in [1.165, 1.54) is 0 Å². The lowest BCUT2D eigenvalue weighted by atomic mass is 9.79. The number of ketones is 1. The normalized spacial score (nSPS) is 29.6. The Kier molecular flexibility index (Phi) is 4.02. The second-order valence-electron chi connectivity index (χ2n) is 7.80. The van der Waals surface area contributed by atoms with Crippen LogP contribution in [0.2, 0.25) is 5.02 Å². The second kappa shape index (κ2) is 6.45. The third-order valence-electron chi connectivity index (χ3n) is 6.31. The van der Waals surface area contributed by atoms with Crippen molar-refractivity contribution in [1.82, 2.24) is 0 Å². The SMILES string of the molecule is O=C(c1ccccc1)c1cc(Cl)ccc1NC(=O)[C@@H]1[C@@H]2C[C@@H]3[C@H]1C(=O)O[C@@H]3C2. The summed E-state index contributed by atoms with van der Waals surface area (Å²) in [5.41, 5.74) is 1.26. The maximum absolute atomic E-state index is 13.1. The predicted molar refractivity (Wildman–Crippen MR) is 103 cm³/mol. The molecule has 1 aliphatic heterocycles. The van der Waals surface area contributed by atoms with E-state index in [9.17, 15) is 14.4 Å². The average molecular weight is 396 g/mol. The summed E-state index contributed by atoms with van der Waals surface area (Å²) in [5.74, 6) is -1.13. The average Bonchev–Trinajstić information content (AvgIpc) is 3.32. The number of anilines is 1. The molecule has 3 fully saturated rings. The molecule has 2 saturated carbocycles. The van der Waals surface area contributed by atoms with Crippen LogP contribution in [-0.2, 0) is 14.3 Å². The first-order valence-electron chi connectivity index (χ1n) is 9.43. The van der Waals surface area contributed by atoms with Gasteiger partial charge in [0.05, 0.1) is 17.5 Å². The Morgan fingerprint density at radius 2 is 1.86 bits per heavy atom. The van der Waals surface area contributed by atoms with Crippen LogP contribution >= 0.6 is 11.6 Å². The Bertz CT molecular complexity index is 987. The van der Waals surface area contributed by atoms with E-state index < -0.39 is 5.92 Å². The molecule has 2 bridgehead atoms. The van der Waals surface area contributed by atoms with E-state index in [0.29, 0.717) is 21.8 Å². The second-order valence-corrected chi connectivity index (χ2v) is 8.23. The number of esters is 1. The molecule has 0 aromatic heterocycles. The van der Waals surface area contributed by atoms with Crippen LogP contribution in [0.1, 0.15) is 28.8 Å². The summed E-state index contributed by atoms with van der Waals surface area (Å²) in [7, 11) is 0. The molecule has 1 heterocycles. The Morgan fingerprint density at radius 1 is 1.07 bits per heavy atom. The van der Waals surface area contributed by atoms with Crippen LogP contribution < -0.4 is 5.32 Å². The van der Waals surface area contributed by atoms with Gasteiger partial charge in [-0.2, -0.15) is 0 Å². The van der Waals surface area contributed by atoms with E-state index in [-0.39, 0.29) is 41.5 Å². The number of rotatable bonds is 4. The zero-order chi connectivity index (χ0) is 19.4. The van der Waals surface area contributed by atoms with Crippen molar-refractivity contribution in [3.05, 3.63) is 64.7 Å². The van der Waals surface area contributed by atoms with Gasteiger partial charge in [0.2, 0.25) is 5.91 Å². The Hall–Kier alpha value is -2.66. The number of benzene rings is 2. The number of fused-ring (bicyclic) bond motifs is 1. The van der Waals surface area contributed by atoms with Crippen molar-refractivity contribution in [3.8, 4) is 0 Å². The fourth-order valence-electron chi connectivity index (χ4n) is 5.14. The first kappa shape index (κ1) is 17.4. The van der Waals surface area contributed by atoms with Gasteiger partial charge in [0, 0.05) is 22.1 Å². The van der Waals surface area contributed by atoms with E-state index >= 15 is 0 Å². The van der Waals surface area contributed by atoms with Crippen molar-refractivity contribution in [2.24, 2.45) is 23.7 Å². The highest BCUT2D eigenvalue weighted by atomic mass is 35.5. The van der Waals surface area contributed by atoms with Crippen LogP contribution in [0.25, 0.3) is 0 Å². The van der Waals surface area contributed by atoms with Gasteiger partial charge in [-0.1, -0.05) is 41.9 Å². The topological polar surface area (TPSA) is 72.5 Å². The quantitative estimate of drug-likeness (QED) is 0.632. The number of nitrogens with one attached hydrogen (secondary N) is 1. The monoisotopic (exact) mass is 395 g/mol. The first-order valence-corrected chi connectivity index (χ1v) is 9.81. The van der Waals surface area contributed by atoms with E-state index in [1.54, 1.807) is 42.5 Å². The van der Waals surface area contributed by atoms with E-state index in [4.69, 9.17) is 16.3 Å². The highest BCUT2D eigenvalue weighted by Gasteiger charge is 2.63. The number of carbonyl (C=O) groups excluding carboxylic acids is 3. The van der Waals surface area contributed by atoms with Gasteiger partial charge in [0.1, 0.15) is 6.10 Å². The summed E-state index contributed by atoms with van der Waals surface area (Å²) in [4.78, 5) is 38.2. The first-order chi connectivity index (χ1) is 13.5. The molecule has 2 aliphatic carbocycles. The van der Waals surface area contributed by atoms with Crippen molar-refractivity contribution >= 4 is 34.9 Å². The number of carbonyl (C=O) groups is 3. The third-order valence-corrected chi connectivity index (χ3v) is 6.54. The van der Waals surface area contributed by atoms with E-state index in [0.717, 1.165) is 12.8 Å². The summed E-state index contributed by atoms with van der Waals surface area (Å²) in [6.07, 6.45) is 1.59. The summed E-state index contributed by atoms with van der Waals surface area (Å²) < 4.78 is 5.41. The van der Waals surface area contributed by atoms with Crippen LogP contribution in [0.3, 0.4) is 0 Å². The summed E-state index contributed by atoms with van der Waals surface area (Å²) in [6, 6.07) is 13.7. The third kappa shape index (κ3) is 2.65. The van der Waals surface area contributed by atoms with Crippen LogP contribution in [0, 0.1) is 23.7 Å². The van der Waals surface area contributed by atoms with Crippen molar-refractivity contribution in [2.45, 2.75) is 18.9 Å². The maximum atomic E-state index is 13.1. The Labute approximate surface area is 167 Å². The van der Waals surface area contributed by atoms with Gasteiger partial charge in [-0.05, 0) is 37.0 Å². The van der Waals surface area contributed by atoms with Gasteiger partial charge in [-0.3, -0.25) is 14.4 Å². The molecule has 6 heteroatoms. The van der Waals surface area contributed by atoms with Gasteiger partial charge in [-0.25, -0.2) is 0 Å². The molecule has 1 amide bonds. The van der Waals surface area contributed by atoms with Gasteiger partial charge >= 0.3 is 5.97 Å². The van der Waals surface area contributed by atoms with Crippen LogP contribution in [-0.4, -0.2) is 23.8 Å². The molecule has 28 heavy (non-hydrogen) atoms. The van der Waals surface area contributed by atoms with Crippen molar-refractivity contribution in [3.63, 3.8) is 0 Å². The molecular weight excluding hydrogens is 378 g/mol. The fourth-order valence-corrected chi connectivity index (χ4v) is 5.31. The van der Waals surface area contributed by atoms with Gasteiger partial charge in [0.15, 0.2) is 5.78 Å². The number of hydrogen-bond acceptors (Lipinski definition) is 4. The maximum Gasteiger partial charge on any atom is 0.310 e. The van der Waals surface area contributed by atoms with Crippen molar-refractivity contribution in [1.29, 1.82) is 0 Å². The minimum Gasteiger partial charge on any atom is -0.462 e. The van der Waals surface area contributed by atoms with Crippen molar-refractivity contribution < 1.29 is 19.1 Å². The van der Waals surface area contributed by atoms with E-state index in [1.807, 2.05) is 6.07 Å². The van der Waals surface area contributed by atoms with Crippen molar-refractivity contribution in [2.75, 3.05) is 5.32 Å². The lowest BCUT2D eigenvalue weighted by Crippen LogP contribution is -2.36. The molecular formula is C22H18ClNO4. The lowest BCUT2D eigenvalue weighted by molar-refractivity contribution is -0.145. The van der Waals surface area contributed by atoms with Gasteiger partial charge in [-0.15, -0.1) is 0 Å². The number of hydrogen-bond donors (Lipinski definition) is 1. The summed E-state index contributed by atoms with van der Waals surface area (Å²) in [6.45, 7) is 0. The minimum absolute atomic E-state index is 0.0164. The Balaban J connectivity index is 1.44. The molecule has 5 atom stereocenters. The highest BCUT2D eigenvalue weighted by Crippen LogP contribution is 2.57. The molecule has 2 aromatic carbocycles. The van der Waals surface area contributed by atoms with Crippen LogP contribution in [0.15, 0.2) is 48.5 Å². The van der Waals surface area contributed by atoms with Gasteiger partial charge < -0.3 is 10.1 Å². The molecule has 1 N–H and O–H groups in total. The molecule has 142 valence electrons. The molecule has 5 nitrogen and oxygen atoms in total. The zero-order valence-corrected chi connectivity index (χ0v) is 15.7. The zero-order valence-electron chi connectivity index (χ0n) is 14.9. The fraction of sp³-hybridized carbons (Fsp3) is 0.318. The number of halogens is 1. The lowest BCUT2D eigenvalue weighted by Gasteiger charge is -2.24. The van der Waals surface area contributed by atoms with Crippen LogP contribution in [0.5, 0.6) is 0 Å². The van der Waals surface area contributed by atoms with Crippen LogP contribution in [0.4, 0.5) is 5.69 Å². The number of amides is 1. The summed E-state index contributed by atoms with van der Waals surface area (Å²) >= 11 is 6.11. The standard InChI is InChI=1S/C22H18ClNO4/c23-13-6-7-16(14(10-13)20(25)11-4-2-1-3-5-11)24-21(26)18-12-8-15-17(9-12)28-22(27)19(15)18/h1-7,10,12,15,17-19H,8-9H2,(H,24,26)/t12-,15+,17-,18-,19-/m1/s1. The Morgan fingerprint density at radius 3 is 2.64 bits per heavy atom. The van der Waals surface area contributed by atoms with Gasteiger partial charge in [0.25, 0.3) is 0 Å². The number of ether oxygens (including phenoxy) is 1. The molecule has 0 unspecified atom stereocenters. The molecule has 2 aromatic rings. The molecule has 1 saturated heterocycles. The molecule has 3 aliphatic rings.